The summed E-state index contributed by atoms with van der Waals surface area (Å²) in [5.74, 6) is -0.114. The predicted octanol–water partition coefficient (Wildman–Crippen LogP) is 2.20. The Morgan fingerprint density at radius 2 is 1.83 bits per heavy atom. The third kappa shape index (κ3) is 3.33. The van der Waals surface area contributed by atoms with Crippen molar-refractivity contribution in [3.8, 4) is 0 Å². The van der Waals surface area contributed by atoms with Crippen LogP contribution >= 0.6 is 11.6 Å². The topological polar surface area (TPSA) is 73.5 Å². The van der Waals surface area contributed by atoms with Crippen LogP contribution in [-0.2, 0) is 10.0 Å². The quantitative estimate of drug-likeness (QED) is 0.903. The Morgan fingerprint density at radius 1 is 1.04 bits per heavy atom. The molecule has 0 atom stereocenters. The van der Waals surface area contributed by atoms with Gasteiger partial charge in [0.2, 0.25) is 10.0 Å². The van der Waals surface area contributed by atoms with Crippen LogP contribution in [0.1, 0.15) is 16.9 Å². The van der Waals surface area contributed by atoms with Gasteiger partial charge in [0.15, 0.2) is 0 Å². The molecule has 2 heterocycles. The van der Waals surface area contributed by atoms with Crippen molar-refractivity contribution in [2.75, 3.05) is 26.2 Å². The van der Waals surface area contributed by atoms with E-state index in [9.17, 15) is 13.2 Å². The van der Waals surface area contributed by atoms with Crippen molar-refractivity contribution in [1.29, 1.82) is 0 Å². The number of halogens is 1. The second-order valence-electron chi connectivity index (χ2n) is 5.56. The largest absolute Gasteiger partial charge is 0.357 e. The van der Waals surface area contributed by atoms with Crippen LogP contribution in [0.15, 0.2) is 47.5 Å². The Bertz CT molecular complexity index is 821. The second-order valence-corrected chi connectivity index (χ2v) is 7.88. The minimum Gasteiger partial charge on any atom is -0.357 e. The van der Waals surface area contributed by atoms with Crippen molar-refractivity contribution in [2.24, 2.45) is 0 Å². The van der Waals surface area contributed by atoms with Crippen LogP contribution in [0, 0.1) is 0 Å². The van der Waals surface area contributed by atoms with E-state index in [1.165, 1.54) is 10.4 Å². The van der Waals surface area contributed by atoms with Gasteiger partial charge >= 0.3 is 0 Å². The van der Waals surface area contributed by atoms with Gasteiger partial charge < -0.3 is 9.88 Å². The molecule has 8 heteroatoms. The first-order chi connectivity index (χ1) is 11.5. The van der Waals surface area contributed by atoms with Gasteiger partial charge in [-0.1, -0.05) is 23.7 Å². The van der Waals surface area contributed by atoms with Crippen molar-refractivity contribution in [1.82, 2.24) is 14.2 Å². The van der Waals surface area contributed by atoms with Gasteiger partial charge in [-0.05, 0) is 30.7 Å². The first-order valence-electron chi connectivity index (χ1n) is 7.67. The Kier molecular flexibility index (Phi) is 4.93. The zero-order chi connectivity index (χ0) is 17.2. The first-order valence-corrected chi connectivity index (χ1v) is 9.49. The van der Waals surface area contributed by atoms with Crippen molar-refractivity contribution in [3.63, 3.8) is 0 Å². The number of hydrogen-bond acceptors (Lipinski definition) is 3. The smallest absolute Gasteiger partial charge is 0.270 e. The van der Waals surface area contributed by atoms with E-state index in [0.29, 0.717) is 31.7 Å². The summed E-state index contributed by atoms with van der Waals surface area (Å²) >= 11 is 6.04. The number of rotatable bonds is 3. The van der Waals surface area contributed by atoms with Crippen LogP contribution in [0.5, 0.6) is 0 Å². The molecule has 1 fully saturated rings. The lowest BCUT2D eigenvalue weighted by molar-refractivity contribution is 0.0759. The van der Waals surface area contributed by atoms with E-state index in [1.54, 1.807) is 41.4 Å². The maximum Gasteiger partial charge on any atom is 0.270 e. The number of nitrogens with one attached hydrogen (secondary N) is 1. The maximum atomic E-state index is 12.8. The number of amides is 1. The van der Waals surface area contributed by atoms with Gasteiger partial charge in [0.05, 0.1) is 5.02 Å². The van der Waals surface area contributed by atoms with Crippen LogP contribution in [0.2, 0.25) is 5.02 Å². The molecule has 1 aromatic carbocycles. The minimum absolute atomic E-state index is 0.107. The first kappa shape index (κ1) is 17.0. The van der Waals surface area contributed by atoms with E-state index in [2.05, 4.69) is 4.98 Å². The highest BCUT2D eigenvalue weighted by atomic mass is 35.5. The Balaban J connectivity index is 1.76. The SMILES string of the molecule is O=C(c1ccc[nH]1)N1CCCN(S(=O)(=O)c2ccccc2Cl)CC1. The summed E-state index contributed by atoms with van der Waals surface area (Å²) in [5, 5.41) is 0.209. The van der Waals surface area contributed by atoms with Crippen LogP contribution in [-0.4, -0.2) is 54.7 Å². The Labute approximate surface area is 146 Å². The van der Waals surface area contributed by atoms with Gasteiger partial charge in [-0.3, -0.25) is 4.79 Å². The third-order valence-corrected chi connectivity index (χ3v) is 6.42. The number of aromatic amines is 1. The molecule has 6 nitrogen and oxygen atoms in total. The zero-order valence-corrected chi connectivity index (χ0v) is 14.6. The summed E-state index contributed by atoms with van der Waals surface area (Å²) in [7, 11) is -3.66. The van der Waals surface area contributed by atoms with Gasteiger partial charge in [0.1, 0.15) is 10.6 Å². The summed E-state index contributed by atoms with van der Waals surface area (Å²) in [5.41, 5.74) is 0.511. The molecule has 0 spiro atoms. The highest BCUT2D eigenvalue weighted by Gasteiger charge is 2.29. The summed E-state index contributed by atoms with van der Waals surface area (Å²) in [4.78, 5) is 17.1. The van der Waals surface area contributed by atoms with E-state index in [4.69, 9.17) is 11.6 Å². The van der Waals surface area contributed by atoms with Gasteiger partial charge in [0, 0.05) is 32.4 Å². The van der Waals surface area contributed by atoms with Gasteiger partial charge in [-0.2, -0.15) is 4.31 Å². The molecule has 0 saturated carbocycles. The average Bonchev–Trinajstić information content (AvgIpc) is 2.98. The van der Waals surface area contributed by atoms with Crippen LogP contribution in [0.25, 0.3) is 0 Å². The zero-order valence-electron chi connectivity index (χ0n) is 13.0. The van der Waals surface area contributed by atoms with Crippen LogP contribution in [0.4, 0.5) is 0 Å². The molecule has 1 saturated heterocycles. The highest BCUT2D eigenvalue weighted by Crippen LogP contribution is 2.25. The fraction of sp³-hybridized carbons (Fsp3) is 0.312. The minimum atomic E-state index is -3.66. The van der Waals surface area contributed by atoms with Crippen molar-refractivity contribution in [2.45, 2.75) is 11.3 Å². The van der Waals surface area contributed by atoms with Crippen LogP contribution < -0.4 is 0 Å². The fourth-order valence-corrected chi connectivity index (χ4v) is 4.73. The summed E-state index contributed by atoms with van der Waals surface area (Å²) in [6.07, 6.45) is 2.27. The lowest BCUT2D eigenvalue weighted by Crippen LogP contribution is -2.37. The van der Waals surface area contributed by atoms with Gasteiger partial charge in [0.25, 0.3) is 5.91 Å². The van der Waals surface area contributed by atoms with Crippen molar-refractivity contribution < 1.29 is 13.2 Å². The average molecular weight is 368 g/mol. The number of aromatic nitrogens is 1. The molecular formula is C16H18ClN3O3S. The van der Waals surface area contributed by atoms with Crippen LogP contribution in [0.3, 0.4) is 0 Å². The van der Waals surface area contributed by atoms with Crippen molar-refractivity contribution in [3.05, 3.63) is 53.3 Å². The monoisotopic (exact) mass is 367 g/mol. The molecule has 0 bridgehead atoms. The highest BCUT2D eigenvalue weighted by molar-refractivity contribution is 7.89. The number of benzene rings is 1. The Morgan fingerprint density at radius 3 is 2.54 bits per heavy atom. The molecule has 1 N–H and O–H groups in total. The normalized spacial score (nSPS) is 16.8. The maximum absolute atomic E-state index is 12.8. The lowest BCUT2D eigenvalue weighted by Gasteiger charge is -2.22. The predicted molar refractivity (Wildman–Crippen MR) is 91.5 cm³/mol. The molecule has 128 valence electrons. The van der Waals surface area contributed by atoms with Gasteiger partial charge in [-0.15, -0.1) is 0 Å². The molecule has 1 aliphatic heterocycles. The van der Waals surface area contributed by atoms with E-state index in [0.717, 1.165) is 0 Å². The molecule has 1 amide bonds. The number of nitrogens with zero attached hydrogens (tertiary/aromatic N) is 2. The number of sulfonamides is 1. The second kappa shape index (κ2) is 6.96. The standard InChI is InChI=1S/C16H18ClN3O3S/c17-13-5-1-2-7-15(13)24(22,23)20-10-4-9-19(11-12-20)16(21)14-6-3-8-18-14/h1-3,5-8,18H,4,9-12H2. The number of hydrogen-bond donors (Lipinski definition) is 1. The number of H-pyrrole nitrogens is 1. The fourth-order valence-electron chi connectivity index (χ4n) is 2.76. The van der Waals surface area contributed by atoms with E-state index >= 15 is 0 Å². The van der Waals surface area contributed by atoms with E-state index in [-0.39, 0.29) is 22.4 Å². The summed E-state index contributed by atoms with van der Waals surface area (Å²) < 4.78 is 27.0. The Hall–Kier alpha value is -1.83. The molecule has 2 aromatic rings. The molecule has 3 rings (SSSR count). The summed E-state index contributed by atoms with van der Waals surface area (Å²) in [6, 6.07) is 9.89. The molecule has 0 aliphatic carbocycles. The van der Waals surface area contributed by atoms with E-state index in [1.807, 2.05) is 0 Å². The van der Waals surface area contributed by atoms with Gasteiger partial charge in [-0.25, -0.2) is 8.42 Å². The molecule has 1 aliphatic rings. The molecule has 24 heavy (non-hydrogen) atoms. The summed E-state index contributed by atoms with van der Waals surface area (Å²) in [6.45, 7) is 1.48. The number of carbonyl (C=O) groups is 1. The number of carbonyl (C=O) groups excluding carboxylic acids is 1. The van der Waals surface area contributed by atoms with E-state index < -0.39 is 10.0 Å². The third-order valence-electron chi connectivity index (χ3n) is 4.02. The molecule has 0 unspecified atom stereocenters. The molecule has 1 aromatic heterocycles. The molecular weight excluding hydrogens is 350 g/mol. The molecule has 0 radical (unpaired) electrons. The lowest BCUT2D eigenvalue weighted by atomic mass is 10.3. The van der Waals surface area contributed by atoms with Crippen molar-refractivity contribution >= 4 is 27.5 Å².